The largest absolute Gasteiger partial charge is 0.414 e. The third-order valence-corrected chi connectivity index (χ3v) is 28.3. The van der Waals surface area contributed by atoms with E-state index >= 15 is 0 Å². The lowest BCUT2D eigenvalue weighted by atomic mass is 10.0. The molecule has 0 saturated carbocycles. The first kappa shape index (κ1) is 40.6. The van der Waals surface area contributed by atoms with Crippen molar-refractivity contribution < 1.29 is 27.9 Å². The fraction of sp³-hybridized carbons (Fsp3) is 1.00. The van der Waals surface area contributed by atoms with Crippen molar-refractivity contribution in [2.75, 3.05) is 13.2 Å². The van der Waals surface area contributed by atoms with Crippen LogP contribution in [0.15, 0.2) is 0 Å². The van der Waals surface area contributed by atoms with Gasteiger partial charge < -0.3 is 27.9 Å². The zero-order valence-corrected chi connectivity index (χ0v) is 34.3. The molecule has 242 valence electrons. The topological polar surface area (TPSA) is 77.4 Å². The van der Waals surface area contributed by atoms with E-state index in [1.54, 1.807) is 0 Å². The van der Waals surface area contributed by atoms with Gasteiger partial charge in [0.25, 0.3) is 0 Å². The SMILES string of the molecule is CC(C)(C)[Si](C)(C)OC[C@H](O[Si](C)(C)C(C)(C)C)[C@@H](O[Si](C)(C)C(C)(C)C)[C@H](O[Si](C)(C)C(C)(C)C)[C@H](O)CO. The van der Waals surface area contributed by atoms with Gasteiger partial charge in [0.05, 0.1) is 25.4 Å². The molecule has 6 nitrogen and oxygen atoms in total. The first-order valence-electron chi connectivity index (χ1n) is 15.2. The van der Waals surface area contributed by atoms with E-state index in [9.17, 15) is 10.2 Å². The van der Waals surface area contributed by atoms with Gasteiger partial charge >= 0.3 is 0 Å². The molecule has 0 fully saturated rings. The third kappa shape index (κ3) is 10.7. The maximum absolute atomic E-state index is 11.4. The Morgan fingerprint density at radius 3 is 1.10 bits per heavy atom. The average molecular weight is 639 g/mol. The highest BCUT2D eigenvalue weighted by Gasteiger charge is 2.51. The van der Waals surface area contributed by atoms with Crippen molar-refractivity contribution in [2.24, 2.45) is 0 Å². The van der Waals surface area contributed by atoms with Crippen molar-refractivity contribution in [1.82, 2.24) is 0 Å². The van der Waals surface area contributed by atoms with Crippen LogP contribution in [-0.4, -0.2) is 81.1 Å². The van der Waals surface area contributed by atoms with Crippen LogP contribution < -0.4 is 0 Å². The molecular formula is C30H70O6Si4. The van der Waals surface area contributed by atoms with E-state index in [-0.39, 0.29) is 20.2 Å². The van der Waals surface area contributed by atoms with Crippen LogP contribution in [0.3, 0.4) is 0 Å². The van der Waals surface area contributed by atoms with Gasteiger partial charge in [-0.25, -0.2) is 0 Å². The Morgan fingerprint density at radius 1 is 0.500 bits per heavy atom. The maximum atomic E-state index is 11.4. The van der Waals surface area contributed by atoms with Crippen LogP contribution in [0.2, 0.25) is 72.5 Å². The Morgan fingerprint density at radius 2 is 0.800 bits per heavy atom. The highest BCUT2D eigenvalue weighted by Crippen LogP contribution is 2.44. The van der Waals surface area contributed by atoms with Crippen LogP contribution in [0.1, 0.15) is 83.1 Å². The number of hydrogen-bond donors (Lipinski definition) is 2. The molecule has 0 bridgehead atoms. The van der Waals surface area contributed by atoms with E-state index in [0.29, 0.717) is 6.61 Å². The molecule has 10 heteroatoms. The Labute approximate surface area is 253 Å². The lowest BCUT2D eigenvalue weighted by molar-refractivity contribution is -0.107. The van der Waals surface area contributed by atoms with Gasteiger partial charge in [0, 0.05) is 0 Å². The Balaban J connectivity index is 7.23. The van der Waals surface area contributed by atoms with Gasteiger partial charge in [0.15, 0.2) is 33.3 Å². The second-order valence-electron chi connectivity index (χ2n) is 17.9. The second-order valence-corrected chi connectivity index (χ2v) is 37.0. The summed E-state index contributed by atoms with van der Waals surface area (Å²) in [6.07, 6.45) is -2.92. The lowest BCUT2D eigenvalue weighted by Crippen LogP contribution is -2.62. The third-order valence-electron chi connectivity index (χ3n) is 10.4. The van der Waals surface area contributed by atoms with Gasteiger partial charge in [-0.3, -0.25) is 0 Å². The molecule has 0 aliphatic heterocycles. The van der Waals surface area contributed by atoms with E-state index in [2.05, 4.69) is 135 Å². The van der Waals surface area contributed by atoms with E-state index in [1.165, 1.54) is 0 Å². The van der Waals surface area contributed by atoms with Crippen LogP contribution in [0.25, 0.3) is 0 Å². The van der Waals surface area contributed by atoms with Crippen molar-refractivity contribution in [2.45, 2.75) is 180 Å². The summed E-state index contributed by atoms with van der Waals surface area (Å²) in [5.41, 5.74) is 0. The summed E-state index contributed by atoms with van der Waals surface area (Å²) in [7, 11) is -9.17. The second kappa shape index (κ2) is 13.3. The zero-order valence-electron chi connectivity index (χ0n) is 30.3. The quantitative estimate of drug-likeness (QED) is 0.197. The zero-order chi connectivity index (χ0) is 32.6. The summed E-state index contributed by atoms with van der Waals surface area (Å²) in [6.45, 7) is 44.5. The molecule has 0 unspecified atom stereocenters. The highest BCUT2D eigenvalue weighted by atomic mass is 28.4. The Bertz CT molecular complexity index is 786. The van der Waals surface area contributed by atoms with Gasteiger partial charge in [0.1, 0.15) is 12.2 Å². The Hall–Kier alpha value is 0.628. The lowest BCUT2D eigenvalue weighted by Gasteiger charge is -2.50. The average Bonchev–Trinajstić information content (AvgIpc) is 2.69. The molecule has 0 aromatic carbocycles. The molecule has 4 atom stereocenters. The summed E-state index contributed by atoms with van der Waals surface area (Å²) in [5.74, 6) is 0. The van der Waals surface area contributed by atoms with Crippen LogP contribution in [0, 0.1) is 0 Å². The van der Waals surface area contributed by atoms with Crippen molar-refractivity contribution in [1.29, 1.82) is 0 Å². The summed E-state index contributed by atoms with van der Waals surface area (Å²) in [6, 6.07) is 0. The molecule has 0 aromatic rings. The fourth-order valence-corrected chi connectivity index (χ4v) is 8.09. The number of rotatable bonds is 13. The van der Waals surface area contributed by atoms with Crippen molar-refractivity contribution in [3.63, 3.8) is 0 Å². The maximum Gasteiger partial charge on any atom is 0.192 e. The predicted octanol–water partition coefficient (Wildman–Crippen LogP) is 8.53. The number of hydrogen-bond acceptors (Lipinski definition) is 6. The molecule has 0 rings (SSSR count). The van der Waals surface area contributed by atoms with E-state index in [4.69, 9.17) is 17.7 Å². The molecule has 0 amide bonds. The summed E-state index contributed by atoms with van der Waals surface area (Å²) < 4.78 is 28.2. The molecule has 0 saturated heterocycles. The van der Waals surface area contributed by atoms with E-state index in [0.717, 1.165) is 0 Å². The molecule has 2 N–H and O–H groups in total. The molecule has 0 aliphatic rings. The van der Waals surface area contributed by atoms with E-state index in [1.807, 2.05) is 0 Å². The summed E-state index contributed by atoms with van der Waals surface area (Å²) >= 11 is 0. The normalized spacial score (nSPS) is 18.4. The van der Waals surface area contributed by atoms with Gasteiger partial charge in [0.2, 0.25) is 0 Å². The minimum Gasteiger partial charge on any atom is -0.414 e. The number of aliphatic hydroxyl groups is 2. The monoisotopic (exact) mass is 638 g/mol. The molecule has 0 spiro atoms. The van der Waals surface area contributed by atoms with Gasteiger partial charge in [-0.15, -0.1) is 0 Å². The van der Waals surface area contributed by atoms with E-state index < -0.39 is 64.3 Å². The molecule has 0 aliphatic carbocycles. The van der Waals surface area contributed by atoms with Gasteiger partial charge in [-0.2, -0.15) is 0 Å². The molecule has 0 heterocycles. The molecule has 0 radical (unpaired) electrons. The molecule has 40 heavy (non-hydrogen) atoms. The van der Waals surface area contributed by atoms with Gasteiger partial charge in [-0.1, -0.05) is 83.1 Å². The molecule has 0 aromatic heterocycles. The fourth-order valence-electron chi connectivity index (χ4n) is 3.12. The van der Waals surface area contributed by atoms with Crippen molar-refractivity contribution >= 4 is 33.3 Å². The summed E-state index contributed by atoms with van der Waals surface area (Å²) in [5, 5.41) is 21.5. The minimum absolute atomic E-state index is 0.0326. The predicted molar refractivity (Wildman–Crippen MR) is 182 cm³/mol. The van der Waals surface area contributed by atoms with Crippen molar-refractivity contribution in [3.8, 4) is 0 Å². The van der Waals surface area contributed by atoms with Crippen LogP contribution in [0.5, 0.6) is 0 Å². The van der Waals surface area contributed by atoms with Crippen LogP contribution >= 0.6 is 0 Å². The molecular weight excluding hydrogens is 569 g/mol. The van der Waals surface area contributed by atoms with Gasteiger partial charge in [-0.05, 0) is 72.5 Å². The van der Waals surface area contributed by atoms with Crippen LogP contribution in [0.4, 0.5) is 0 Å². The van der Waals surface area contributed by atoms with Crippen LogP contribution in [-0.2, 0) is 17.7 Å². The Kier molecular flexibility index (Phi) is 13.5. The summed E-state index contributed by atoms with van der Waals surface area (Å²) in [4.78, 5) is 0. The van der Waals surface area contributed by atoms with Crippen molar-refractivity contribution in [3.05, 3.63) is 0 Å². The first-order chi connectivity index (χ1) is 17.2. The smallest absolute Gasteiger partial charge is 0.192 e. The standard InChI is InChI=1S/C30H70O6Si4/c1-27(2,3)37(13,14)33-22-24(34-38(15,16)28(4,5)6)26(36-40(19,20)30(10,11)12)25(23(32)21-31)35-39(17,18)29(7,8)9/h23-26,31-32H,21-22H2,1-20H3/t23-,24+,25-,26-/m1/s1. The first-order valence-corrected chi connectivity index (χ1v) is 26.8. The highest BCUT2D eigenvalue weighted by molar-refractivity contribution is 6.75. The minimum atomic E-state index is -2.37. The number of aliphatic hydroxyl groups excluding tert-OH is 2.